The molecule has 0 aromatic rings. The molecular weight excluding hydrogens is 351 g/mol. The Morgan fingerprint density at radius 1 is 1.42 bits per heavy atom. The minimum absolute atomic E-state index is 0. The second-order valence-corrected chi connectivity index (χ2v) is 6.53. The molecule has 0 spiro atoms. The molecule has 2 unspecified atom stereocenters. The number of hydrogen-bond acceptors (Lipinski definition) is 2. The summed E-state index contributed by atoms with van der Waals surface area (Å²) >= 11 is 0. The molecule has 1 heterocycles. The molecule has 2 atom stereocenters. The van der Waals surface area contributed by atoms with Gasteiger partial charge in [-0.15, -0.1) is 24.0 Å². The second-order valence-electron chi connectivity index (χ2n) is 6.53. The molecule has 1 aliphatic heterocycles. The Bertz CT molecular complexity index is 286. The Balaban J connectivity index is 0.00000324. The molecule has 19 heavy (non-hydrogen) atoms. The fourth-order valence-electron chi connectivity index (χ4n) is 2.53. The average molecular weight is 382 g/mol. The van der Waals surface area contributed by atoms with Gasteiger partial charge in [0.25, 0.3) is 0 Å². The van der Waals surface area contributed by atoms with E-state index in [4.69, 9.17) is 5.73 Å². The molecule has 0 aromatic heterocycles. The summed E-state index contributed by atoms with van der Waals surface area (Å²) in [4.78, 5) is 7.01. The van der Waals surface area contributed by atoms with Gasteiger partial charge in [-0.3, -0.25) is 9.89 Å². The third-order valence-corrected chi connectivity index (χ3v) is 3.45. The Labute approximate surface area is 135 Å². The predicted molar refractivity (Wildman–Crippen MR) is 94.3 cm³/mol. The third kappa shape index (κ3) is 7.34. The normalized spacial score (nSPS) is 23.6. The van der Waals surface area contributed by atoms with Crippen molar-refractivity contribution in [2.24, 2.45) is 10.7 Å². The molecule has 0 aliphatic carbocycles. The van der Waals surface area contributed by atoms with Gasteiger partial charge in [0.1, 0.15) is 0 Å². The summed E-state index contributed by atoms with van der Waals surface area (Å²) in [7, 11) is 0. The highest BCUT2D eigenvalue weighted by atomic mass is 127. The summed E-state index contributed by atoms with van der Waals surface area (Å²) in [6.07, 6.45) is 3.99. The lowest BCUT2D eigenvalue weighted by Gasteiger charge is -2.37. The van der Waals surface area contributed by atoms with E-state index in [0.717, 1.165) is 6.54 Å². The predicted octanol–water partition coefficient (Wildman–Crippen LogP) is 2.57. The lowest BCUT2D eigenvalue weighted by Crippen LogP contribution is -2.47. The summed E-state index contributed by atoms with van der Waals surface area (Å²) in [6.45, 7) is 12.8. The number of rotatable bonds is 3. The van der Waals surface area contributed by atoms with E-state index in [1.165, 1.54) is 25.8 Å². The molecule has 1 fully saturated rings. The van der Waals surface area contributed by atoms with Gasteiger partial charge in [-0.25, -0.2) is 0 Å². The molecule has 1 aliphatic rings. The number of halogens is 1. The topological polar surface area (TPSA) is 53.6 Å². The van der Waals surface area contributed by atoms with E-state index in [2.05, 4.69) is 49.8 Å². The maximum Gasteiger partial charge on any atom is 0.189 e. The summed E-state index contributed by atoms with van der Waals surface area (Å²) in [5, 5.41) is 3.20. The van der Waals surface area contributed by atoms with E-state index in [0.29, 0.717) is 18.0 Å². The van der Waals surface area contributed by atoms with Crippen molar-refractivity contribution in [2.75, 3.05) is 13.1 Å². The molecule has 0 radical (unpaired) electrons. The van der Waals surface area contributed by atoms with Gasteiger partial charge < -0.3 is 11.1 Å². The van der Waals surface area contributed by atoms with Crippen LogP contribution in [0.4, 0.5) is 0 Å². The Morgan fingerprint density at radius 3 is 2.58 bits per heavy atom. The smallest absolute Gasteiger partial charge is 0.189 e. The molecule has 0 saturated carbocycles. The number of likely N-dealkylation sites (tertiary alicyclic amines) is 1. The highest BCUT2D eigenvalue weighted by Gasteiger charge is 2.22. The van der Waals surface area contributed by atoms with Gasteiger partial charge in [0.15, 0.2) is 5.96 Å². The van der Waals surface area contributed by atoms with E-state index in [1.807, 2.05) is 0 Å². The van der Waals surface area contributed by atoms with Gasteiger partial charge in [0, 0.05) is 17.6 Å². The van der Waals surface area contributed by atoms with Crippen LogP contribution >= 0.6 is 24.0 Å². The zero-order valence-electron chi connectivity index (χ0n) is 13.1. The third-order valence-electron chi connectivity index (χ3n) is 3.45. The van der Waals surface area contributed by atoms with E-state index >= 15 is 0 Å². The first-order valence-corrected chi connectivity index (χ1v) is 7.13. The van der Waals surface area contributed by atoms with Crippen molar-refractivity contribution in [1.82, 2.24) is 10.2 Å². The van der Waals surface area contributed by atoms with Gasteiger partial charge in [-0.05, 0) is 54.0 Å². The molecule has 0 amide bonds. The Hall–Kier alpha value is -0.0400. The number of aliphatic imine (C=N–C) groups is 1. The molecule has 5 heteroatoms. The summed E-state index contributed by atoms with van der Waals surface area (Å²) in [5.74, 6) is 0.555. The summed E-state index contributed by atoms with van der Waals surface area (Å²) in [5.41, 5.74) is 5.87. The molecule has 1 rings (SSSR count). The largest absolute Gasteiger partial charge is 0.370 e. The zero-order valence-corrected chi connectivity index (χ0v) is 15.4. The first-order chi connectivity index (χ1) is 8.29. The van der Waals surface area contributed by atoms with Crippen LogP contribution in [0.25, 0.3) is 0 Å². The first kappa shape index (κ1) is 19.0. The summed E-state index contributed by atoms with van der Waals surface area (Å²) in [6, 6.07) is 1.15. The summed E-state index contributed by atoms with van der Waals surface area (Å²) < 4.78 is 0. The van der Waals surface area contributed by atoms with Crippen LogP contribution in [-0.4, -0.2) is 41.6 Å². The molecule has 114 valence electrons. The van der Waals surface area contributed by atoms with Crippen LogP contribution in [0.1, 0.15) is 53.9 Å². The maximum absolute atomic E-state index is 5.89. The lowest BCUT2D eigenvalue weighted by atomic mass is 10.0. The van der Waals surface area contributed by atoms with Gasteiger partial charge in [-0.2, -0.15) is 0 Å². The number of hydrogen-bond donors (Lipinski definition) is 2. The van der Waals surface area contributed by atoms with Gasteiger partial charge in [0.2, 0.25) is 0 Å². The van der Waals surface area contributed by atoms with Crippen LogP contribution < -0.4 is 11.1 Å². The highest BCUT2D eigenvalue weighted by molar-refractivity contribution is 14.0. The van der Waals surface area contributed by atoms with Crippen molar-refractivity contribution in [1.29, 1.82) is 0 Å². The lowest BCUT2D eigenvalue weighted by molar-refractivity contribution is 0.118. The number of nitrogens with two attached hydrogens (primary N) is 1. The van der Waals surface area contributed by atoms with Crippen molar-refractivity contribution >= 4 is 29.9 Å². The fourth-order valence-corrected chi connectivity index (χ4v) is 2.53. The van der Waals surface area contributed by atoms with Gasteiger partial charge in [0.05, 0.1) is 6.54 Å². The molecule has 3 N–H and O–H groups in total. The van der Waals surface area contributed by atoms with E-state index in [9.17, 15) is 0 Å². The minimum atomic E-state index is -0.0186. The monoisotopic (exact) mass is 382 g/mol. The number of nitrogens with one attached hydrogen (secondary N) is 1. The number of nitrogens with zero attached hydrogens (tertiary/aromatic N) is 2. The SMILES string of the molecule is CC1CCCCN1C(C)CN=C(N)NC(C)(C)C.I. The van der Waals surface area contributed by atoms with Gasteiger partial charge in [-0.1, -0.05) is 6.42 Å². The molecular formula is C14H31IN4. The van der Waals surface area contributed by atoms with E-state index < -0.39 is 0 Å². The Morgan fingerprint density at radius 2 is 2.05 bits per heavy atom. The second kappa shape index (κ2) is 8.29. The van der Waals surface area contributed by atoms with Crippen LogP contribution in [0.3, 0.4) is 0 Å². The van der Waals surface area contributed by atoms with Crippen molar-refractivity contribution in [3.05, 3.63) is 0 Å². The van der Waals surface area contributed by atoms with E-state index in [-0.39, 0.29) is 29.5 Å². The van der Waals surface area contributed by atoms with Crippen LogP contribution in [0.5, 0.6) is 0 Å². The maximum atomic E-state index is 5.89. The van der Waals surface area contributed by atoms with Crippen molar-refractivity contribution < 1.29 is 0 Å². The Kier molecular flexibility index (Phi) is 8.27. The fraction of sp³-hybridized carbons (Fsp3) is 0.929. The first-order valence-electron chi connectivity index (χ1n) is 7.13. The average Bonchev–Trinajstić information content (AvgIpc) is 2.24. The molecule has 4 nitrogen and oxygen atoms in total. The molecule has 1 saturated heterocycles. The quantitative estimate of drug-likeness (QED) is 0.448. The molecule has 0 bridgehead atoms. The van der Waals surface area contributed by atoms with Crippen molar-refractivity contribution in [3.8, 4) is 0 Å². The van der Waals surface area contributed by atoms with Crippen LogP contribution in [0.2, 0.25) is 0 Å². The zero-order chi connectivity index (χ0) is 13.8. The highest BCUT2D eigenvalue weighted by Crippen LogP contribution is 2.19. The standard InChI is InChI=1S/C14H30N4.HI/c1-11-8-6-7-9-18(11)12(2)10-16-13(15)17-14(3,4)5;/h11-12H,6-10H2,1-5H3,(H3,15,16,17);1H. The van der Waals surface area contributed by atoms with Gasteiger partial charge >= 0.3 is 0 Å². The van der Waals surface area contributed by atoms with Crippen LogP contribution in [0.15, 0.2) is 4.99 Å². The van der Waals surface area contributed by atoms with Crippen molar-refractivity contribution in [2.45, 2.75) is 71.5 Å². The number of guanidine groups is 1. The number of piperidine rings is 1. The van der Waals surface area contributed by atoms with Crippen molar-refractivity contribution in [3.63, 3.8) is 0 Å². The molecule has 0 aromatic carbocycles. The van der Waals surface area contributed by atoms with Crippen LogP contribution in [-0.2, 0) is 0 Å². The van der Waals surface area contributed by atoms with E-state index in [1.54, 1.807) is 0 Å². The van der Waals surface area contributed by atoms with Crippen LogP contribution in [0, 0.1) is 0 Å². The minimum Gasteiger partial charge on any atom is -0.370 e.